The van der Waals surface area contributed by atoms with Gasteiger partial charge in [0.1, 0.15) is 0 Å². The summed E-state index contributed by atoms with van der Waals surface area (Å²) in [5, 5.41) is 9.26. The Bertz CT molecular complexity index is 369. The fourth-order valence-electron chi connectivity index (χ4n) is 2.16. The molecule has 0 aliphatic carbocycles. The summed E-state index contributed by atoms with van der Waals surface area (Å²) >= 11 is 0. The van der Waals surface area contributed by atoms with Gasteiger partial charge in [0.25, 0.3) is 0 Å². The van der Waals surface area contributed by atoms with Crippen LogP contribution in [-0.4, -0.2) is 25.3 Å². The second-order valence-corrected chi connectivity index (χ2v) is 4.99. The molecule has 1 aromatic carbocycles. The first-order valence-corrected chi connectivity index (χ1v) is 6.40. The summed E-state index contributed by atoms with van der Waals surface area (Å²) in [6.45, 7) is 9.80. The Balaban J connectivity index is 2.89. The Hall–Kier alpha value is -1.02. The summed E-state index contributed by atoms with van der Waals surface area (Å²) in [7, 11) is 2.11. The predicted molar refractivity (Wildman–Crippen MR) is 74.8 cm³/mol. The SMILES string of the molecule is CCC(CO)CN(C)c1ccc(C)c(C)c1C. The number of aliphatic hydroxyl groups excluding tert-OH is 1. The highest BCUT2D eigenvalue weighted by Gasteiger charge is 2.12. The van der Waals surface area contributed by atoms with Crippen LogP contribution >= 0.6 is 0 Å². The van der Waals surface area contributed by atoms with E-state index in [0.717, 1.165) is 13.0 Å². The molecule has 1 rings (SSSR count). The molecule has 0 aliphatic rings. The van der Waals surface area contributed by atoms with Gasteiger partial charge < -0.3 is 10.0 Å². The van der Waals surface area contributed by atoms with Gasteiger partial charge in [0.2, 0.25) is 0 Å². The molecule has 0 saturated carbocycles. The van der Waals surface area contributed by atoms with Crippen LogP contribution in [0.5, 0.6) is 0 Å². The van der Waals surface area contributed by atoms with Gasteiger partial charge in [-0.25, -0.2) is 0 Å². The molecule has 1 atom stereocenters. The fourth-order valence-corrected chi connectivity index (χ4v) is 2.16. The largest absolute Gasteiger partial charge is 0.396 e. The van der Waals surface area contributed by atoms with E-state index in [-0.39, 0.29) is 6.61 Å². The standard InChI is InChI=1S/C15H25NO/c1-6-14(10-17)9-16(5)15-8-7-11(2)12(3)13(15)4/h7-8,14,17H,6,9-10H2,1-5H3. The highest BCUT2D eigenvalue weighted by atomic mass is 16.3. The van der Waals surface area contributed by atoms with Crippen LogP contribution in [0.1, 0.15) is 30.0 Å². The third kappa shape index (κ3) is 3.22. The molecule has 0 aliphatic heterocycles. The molecule has 0 spiro atoms. The average molecular weight is 235 g/mol. The van der Waals surface area contributed by atoms with Crippen LogP contribution in [0.4, 0.5) is 5.69 Å². The highest BCUT2D eigenvalue weighted by molar-refractivity contribution is 5.57. The lowest BCUT2D eigenvalue weighted by Crippen LogP contribution is -2.27. The third-order valence-corrected chi connectivity index (χ3v) is 3.81. The van der Waals surface area contributed by atoms with Crippen LogP contribution in [0.2, 0.25) is 0 Å². The first-order valence-electron chi connectivity index (χ1n) is 6.40. The molecule has 0 radical (unpaired) electrons. The van der Waals surface area contributed by atoms with Gasteiger partial charge >= 0.3 is 0 Å². The minimum absolute atomic E-state index is 0.269. The van der Waals surface area contributed by atoms with Gasteiger partial charge in [-0.05, 0) is 55.9 Å². The number of nitrogens with zero attached hydrogens (tertiary/aromatic N) is 1. The summed E-state index contributed by atoms with van der Waals surface area (Å²) in [4.78, 5) is 2.26. The van der Waals surface area contributed by atoms with Crippen molar-refractivity contribution in [2.45, 2.75) is 34.1 Å². The monoisotopic (exact) mass is 235 g/mol. The molecule has 96 valence electrons. The third-order valence-electron chi connectivity index (χ3n) is 3.81. The molecule has 1 unspecified atom stereocenters. The highest BCUT2D eigenvalue weighted by Crippen LogP contribution is 2.25. The quantitative estimate of drug-likeness (QED) is 0.848. The smallest absolute Gasteiger partial charge is 0.0476 e. The van der Waals surface area contributed by atoms with Crippen LogP contribution in [-0.2, 0) is 0 Å². The van der Waals surface area contributed by atoms with E-state index in [1.54, 1.807) is 0 Å². The van der Waals surface area contributed by atoms with Crippen molar-refractivity contribution in [2.24, 2.45) is 5.92 Å². The summed E-state index contributed by atoms with van der Waals surface area (Å²) < 4.78 is 0. The Morgan fingerprint density at radius 3 is 2.35 bits per heavy atom. The zero-order valence-electron chi connectivity index (χ0n) is 11.7. The molecule has 0 amide bonds. The van der Waals surface area contributed by atoms with Crippen LogP contribution < -0.4 is 4.90 Å². The summed E-state index contributed by atoms with van der Waals surface area (Å²) in [5.74, 6) is 0.362. The van der Waals surface area contributed by atoms with E-state index in [4.69, 9.17) is 0 Å². The topological polar surface area (TPSA) is 23.5 Å². The van der Waals surface area contributed by atoms with Crippen molar-refractivity contribution in [1.82, 2.24) is 0 Å². The fraction of sp³-hybridized carbons (Fsp3) is 0.600. The molecule has 0 fully saturated rings. The van der Waals surface area contributed by atoms with Gasteiger partial charge in [-0.15, -0.1) is 0 Å². The van der Waals surface area contributed by atoms with Crippen LogP contribution in [0, 0.1) is 26.7 Å². The molecule has 0 aromatic heterocycles. The number of rotatable bonds is 5. The van der Waals surface area contributed by atoms with Crippen LogP contribution in [0.3, 0.4) is 0 Å². The summed E-state index contributed by atoms with van der Waals surface area (Å²) in [5.41, 5.74) is 5.33. The van der Waals surface area contributed by atoms with Gasteiger partial charge in [0.05, 0.1) is 0 Å². The Labute approximate surface area is 105 Å². The van der Waals surface area contributed by atoms with E-state index in [2.05, 4.69) is 51.8 Å². The molecule has 17 heavy (non-hydrogen) atoms. The van der Waals surface area contributed by atoms with Crippen LogP contribution in [0.15, 0.2) is 12.1 Å². The van der Waals surface area contributed by atoms with E-state index < -0.39 is 0 Å². The number of anilines is 1. The van der Waals surface area contributed by atoms with Crippen molar-refractivity contribution >= 4 is 5.69 Å². The van der Waals surface area contributed by atoms with E-state index in [1.807, 2.05) is 0 Å². The second kappa shape index (κ2) is 6.06. The van der Waals surface area contributed by atoms with E-state index >= 15 is 0 Å². The number of hydrogen-bond acceptors (Lipinski definition) is 2. The van der Waals surface area contributed by atoms with E-state index in [0.29, 0.717) is 5.92 Å². The summed E-state index contributed by atoms with van der Waals surface area (Å²) in [6.07, 6.45) is 1.02. The minimum atomic E-state index is 0.269. The zero-order chi connectivity index (χ0) is 13.0. The van der Waals surface area contributed by atoms with Gasteiger partial charge in [0, 0.05) is 25.9 Å². The Morgan fingerprint density at radius 1 is 1.18 bits per heavy atom. The van der Waals surface area contributed by atoms with Crippen molar-refractivity contribution in [2.75, 3.05) is 25.1 Å². The number of aliphatic hydroxyl groups is 1. The number of benzene rings is 1. The molecule has 0 saturated heterocycles. The van der Waals surface area contributed by atoms with Gasteiger partial charge in [-0.3, -0.25) is 0 Å². The molecule has 2 heteroatoms. The summed E-state index contributed by atoms with van der Waals surface area (Å²) in [6, 6.07) is 4.36. The van der Waals surface area contributed by atoms with Crippen molar-refractivity contribution in [1.29, 1.82) is 0 Å². The first kappa shape index (κ1) is 14.0. The van der Waals surface area contributed by atoms with Crippen LogP contribution in [0.25, 0.3) is 0 Å². The number of hydrogen-bond donors (Lipinski definition) is 1. The van der Waals surface area contributed by atoms with Crippen molar-refractivity contribution < 1.29 is 5.11 Å². The average Bonchev–Trinajstić information content (AvgIpc) is 2.32. The van der Waals surface area contributed by atoms with Crippen molar-refractivity contribution in [3.63, 3.8) is 0 Å². The van der Waals surface area contributed by atoms with Gasteiger partial charge in [-0.1, -0.05) is 13.0 Å². The van der Waals surface area contributed by atoms with Gasteiger partial charge in [0.15, 0.2) is 0 Å². The minimum Gasteiger partial charge on any atom is -0.396 e. The normalized spacial score (nSPS) is 12.6. The maximum Gasteiger partial charge on any atom is 0.0476 e. The second-order valence-electron chi connectivity index (χ2n) is 4.99. The maximum absolute atomic E-state index is 9.26. The molecule has 2 nitrogen and oxygen atoms in total. The molecule has 0 heterocycles. The molecular weight excluding hydrogens is 210 g/mol. The van der Waals surface area contributed by atoms with Crippen molar-refractivity contribution in [3.8, 4) is 0 Å². The molecule has 1 N–H and O–H groups in total. The lowest BCUT2D eigenvalue weighted by Gasteiger charge is -2.26. The van der Waals surface area contributed by atoms with E-state index in [1.165, 1.54) is 22.4 Å². The maximum atomic E-state index is 9.26. The molecular formula is C15H25NO. The van der Waals surface area contributed by atoms with Crippen molar-refractivity contribution in [3.05, 3.63) is 28.8 Å². The molecule has 0 bridgehead atoms. The number of aryl methyl sites for hydroxylation is 1. The first-order chi connectivity index (χ1) is 8.01. The Morgan fingerprint density at radius 2 is 1.82 bits per heavy atom. The Kier molecular flexibility index (Phi) is 5.01. The lowest BCUT2D eigenvalue weighted by molar-refractivity contribution is 0.225. The lowest BCUT2D eigenvalue weighted by atomic mass is 10.0. The zero-order valence-corrected chi connectivity index (χ0v) is 11.7. The van der Waals surface area contributed by atoms with E-state index in [9.17, 15) is 5.11 Å². The predicted octanol–water partition coefficient (Wildman–Crippen LogP) is 3.07. The van der Waals surface area contributed by atoms with Gasteiger partial charge in [-0.2, -0.15) is 0 Å². The molecule has 1 aromatic rings.